The van der Waals surface area contributed by atoms with E-state index in [1.54, 1.807) is 24.6 Å². The zero-order chi connectivity index (χ0) is 11.4. The number of furan rings is 1. The third kappa shape index (κ3) is 2.47. The molecule has 0 aliphatic heterocycles. The van der Waals surface area contributed by atoms with Gasteiger partial charge in [-0.3, -0.25) is 4.79 Å². The van der Waals surface area contributed by atoms with Gasteiger partial charge < -0.3 is 9.73 Å². The van der Waals surface area contributed by atoms with Crippen LogP contribution < -0.4 is 5.32 Å². The Kier molecular flexibility index (Phi) is 3.00. The van der Waals surface area contributed by atoms with Gasteiger partial charge in [-0.05, 0) is 19.1 Å². The molecule has 0 aliphatic rings. The highest BCUT2D eigenvalue weighted by Crippen LogP contribution is 1.98. The first-order valence-electron chi connectivity index (χ1n) is 4.90. The second-order valence-corrected chi connectivity index (χ2v) is 3.39. The highest BCUT2D eigenvalue weighted by molar-refractivity contribution is 5.75. The van der Waals surface area contributed by atoms with E-state index >= 15 is 0 Å². The summed E-state index contributed by atoms with van der Waals surface area (Å²) in [6.07, 6.45) is 3.18. The predicted molar refractivity (Wildman–Crippen MR) is 55.3 cm³/mol. The maximum atomic E-state index is 11.5. The van der Waals surface area contributed by atoms with Crippen molar-refractivity contribution in [2.24, 2.45) is 0 Å². The minimum atomic E-state index is -0.120. The number of hydrogen-bond acceptors (Lipinski definition) is 4. The molecule has 1 amide bonds. The van der Waals surface area contributed by atoms with E-state index in [0.29, 0.717) is 6.54 Å². The molecule has 84 valence electrons. The summed E-state index contributed by atoms with van der Waals surface area (Å²) in [4.78, 5) is 11.5. The van der Waals surface area contributed by atoms with Crippen molar-refractivity contribution in [1.29, 1.82) is 0 Å². The molecule has 2 aromatic rings. The molecular formula is C10H12N4O2. The molecule has 2 rings (SSSR count). The molecule has 16 heavy (non-hydrogen) atoms. The molecule has 2 heterocycles. The van der Waals surface area contributed by atoms with Crippen LogP contribution in [0.1, 0.15) is 11.5 Å². The summed E-state index contributed by atoms with van der Waals surface area (Å²) in [5.74, 6) is 0.605. The smallest absolute Gasteiger partial charge is 0.242 e. The van der Waals surface area contributed by atoms with Crippen LogP contribution in [0.15, 0.2) is 29.0 Å². The molecule has 0 saturated heterocycles. The summed E-state index contributed by atoms with van der Waals surface area (Å²) in [7, 11) is 0. The number of aromatic nitrogens is 3. The molecule has 6 heteroatoms. The maximum Gasteiger partial charge on any atom is 0.242 e. The first kappa shape index (κ1) is 10.4. The number of nitrogens with zero attached hydrogens (tertiary/aromatic N) is 3. The molecule has 0 aliphatic carbocycles. The molecule has 0 bridgehead atoms. The predicted octanol–water partition coefficient (Wildman–Crippen LogP) is 0.496. The van der Waals surface area contributed by atoms with Crippen molar-refractivity contribution in [3.8, 4) is 0 Å². The van der Waals surface area contributed by atoms with E-state index in [9.17, 15) is 4.79 Å². The molecule has 0 radical (unpaired) electrons. The van der Waals surface area contributed by atoms with Gasteiger partial charge in [0.1, 0.15) is 12.3 Å². The van der Waals surface area contributed by atoms with Gasteiger partial charge in [0.25, 0.3) is 0 Å². The number of carbonyl (C=O) groups is 1. The van der Waals surface area contributed by atoms with Crippen molar-refractivity contribution in [2.45, 2.75) is 20.0 Å². The van der Waals surface area contributed by atoms with Gasteiger partial charge in [-0.1, -0.05) is 5.21 Å². The van der Waals surface area contributed by atoms with Crippen LogP contribution in [0.2, 0.25) is 0 Å². The van der Waals surface area contributed by atoms with Gasteiger partial charge in [0, 0.05) is 0 Å². The van der Waals surface area contributed by atoms with Gasteiger partial charge in [-0.2, -0.15) is 0 Å². The molecule has 0 saturated carbocycles. The Morgan fingerprint density at radius 1 is 1.62 bits per heavy atom. The van der Waals surface area contributed by atoms with E-state index in [-0.39, 0.29) is 12.5 Å². The summed E-state index contributed by atoms with van der Waals surface area (Å²) in [6, 6.07) is 3.59. The van der Waals surface area contributed by atoms with Crippen LogP contribution in [-0.2, 0) is 17.9 Å². The largest absolute Gasteiger partial charge is 0.467 e. The first-order chi connectivity index (χ1) is 7.75. The Bertz CT molecular complexity index is 461. The molecule has 0 atom stereocenters. The lowest BCUT2D eigenvalue weighted by Crippen LogP contribution is -2.27. The highest BCUT2D eigenvalue weighted by Gasteiger charge is 2.06. The van der Waals surface area contributed by atoms with Crippen molar-refractivity contribution in [3.05, 3.63) is 36.0 Å². The van der Waals surface area contributed by atoms with Crippen LogP contribution in [0.3, 0.4) is 0 Å². The lowest BCUT2D eigenvalue weighted by atomic mass is 10.4. The second kappa shape index (κ2) is 4.61. The molecule has 6 nitrogen and oxygen atoms in total. The first-order valence-corrected chi connectivity index (χ1v) is 4.90. The average Bonchev–Trinajstić information content (AvgIpc) is 2.88. The van der Waals surface area contributed by atoms with Crippen LogP contribution in [0.5, 0.6) is 0 Å². The van der Waals surface area contributed by atoms with Gasteiger partial charge >= 0.3 is 0 Å². The maximum absolute atomic E-state index is 11.5. The third-order valence-corrected chi connectivity index (χ3v) is 2.14. The Morgan fingerprint density at radius 3 is 3.12 bits per heavy atom. The Balaban J connectivity index is 1.83. The van der Waals surface area contributed by atoms with Gasteiger partial charge in [-0.25, -0.2) is 4.68 Å². The summed E-state index contributed by atoms with van der Waals surface area (Å²) in [5, 5.41) is 10.2. The standard InChI is InChI=1S/C10H12N4O2/c1-8-5-12-13-14(8)7-10(15)11-6-9-3-2-4-16-9/h2-5H,6-7H2,1H3,(H,11,15). The van der Waals surface area contributed by atoms with Crippen molar-refractivity contribution in [1.82, 2.24) is 20.3 Å². The van der Waals surface area contributed by atoms with Gasteiger partial charge in [0.2, 0.25) is 5.91 Å². The topological polar surface area (TPSA) is 73.0 Å². The SMILES string of the molecule is Cc1cnnn1CC(=O)NCc1ccco1. The summed E-state index contributed by atoms with van der Waals surface area (Å²) in [5.41, 5.74) is 0.855. The van der Waals surface area contributed by atoms with Crippen molar-refractivity contribution >= 4 is 5.91 Å². The van der Waals surface area contributed by atoms with Crippen LogP contribution in [0, 0.1) is 6.92 Å². The average molecular weight is 220 g/mol. The summed E-state index contributed by atoms with van der Waals surface area (Å²) < 4.78 is 6.63. The lowest BCUT2D eigenvalue weighted by molar-refractivity contribution is -0.122. The van der Waals surface area contributed by atoms with Crippen molar-refractivity contribution in [3.63, 3.8) is 0 Å². The number of rotatable bonds is 4. The minimum absolute atomic E-state index is 0.120. The monoisotopic (exact) mass is 220 g/mol. The van der Waals surface area contributed by atoms with E-state index in [1.165, 1.54) is 4.68 Å². The Hall–Kier alpha value is -2.11. The van der Waals surface area contributed by atoms with E-state index in [0.717, 1.165) is 11.5 Å². The quantitative estimate of drug-likeness (QED) is 0.814. The number of hydrogen-bond donors (Lipinski definition) is 1. The van der Waals surface area contributed by atoms with Crippen LogP contribution >= 0.6 is 0 Å². The number of amides is 1. The zero-order valence-electron chi connectivity index (χ0n) is 8.88. The van der Waals surface area contributed by atoms with E-state index < -0.39 is 0 Å². The normalized spacial score (nSPS) is 10.3. The summed E-state index contributed by atoms with van der Waals surface area (Å²) >= 11 is 0. The zero-order valence-corrected chi connectivity index (χ0v) is 8.88. The van der Waals surface area contributed by atoms with Gasteiger partial charge in [0.15, 0.2) is 0 Å². The molecule has 0 fully saturated rings. The van der Waals surface area contributed by atoms with Crippen LogP contribution in [-0.4, -0.2) is 20.9 Å². The van der Waals surface area contributed by atoms with E-state index in [4.69, 9.17) is 4.42 Å². The molecule has 2 aromatic heterocycles. The fourth-order valence-electron chi connectivity index (χ4n) is 1.26. The minimum Gasteiger partial charge on any atom is -0.467 e. The van der Waals surface area contributed by atoms with Gasteiger partial charge in [-0.15, -0.1) is 5.10 Å². The van der Waals surface area contributed by atoms with E-state index in [1.807, 2.05) is 6.92 Å². The third-order valence-electron chi connectivity index (χ3n) is 2.14. The fourth-order valence-corrected chi connectivity index (χ4v) is 1.26. The molecule has 0 spiro atoms. The molecule has 0 aromatic carbocycles. The Labute approximate surface area is 92.2 Å². The van der Waals surface area contributed by atoms with Gasteiger partial charge in [0.05, 0.1) is 24.7 Å². The van der Waals surface area contributed by atoms with Crippen LogP contribution in [0.25, 0.3) is 0 Å². The van der Waals surface area contributed by atoms with E-state index in [2.05, 4.69) is 15.6 Å². The van der Waals surface area contributed by atoms with Crippen molar-refractivity contribution < 1.29 is 9.21 Å². The Morgan fingerprint density at radius 2 is 2.50 bits per heavy atom. The highest BCUT2D eigenvalue weighted by atomic mass is 16.3. The number of carbonyl (C=O) groups excluding carboxylic acids is 1. The molecular weight excluding hydrogens is 208 g/mol. The number of nitrogens with one attached hydrogen (secondary N) is 1. The summed E-state index contributed by atoms with van der Waals surface area (Å²) in [6.45, 7) is 2.41. The van der Waals surface area contributed by atoms with Crippen LogP contribution in [0.4, 0.5) is 0 Å². The lowest BCUT2D eigenvalue weighted by Gasteiger charge is -2.04. The number of aryl methyl sites for hydroxylation is 1. The molecule has 0 unspecified atom stereocenters. The second-order valence-electron chi connectivity index (χ2n) is 3.39. The molecule has 1 N–H and O–H groups in total. The van der Waals surface area contributed by atoms with Crippen molar-refractivity contribution in [2.75, 3.05) is 0 Å². The fraction of sp³-hybridized carbons (Fsp3) is 0.300.